The first kappa shape index (κ1) is 27.3. The zero-order chi connectivity index (χ0) is 24.0. The van der Waals surface area contributed by atoms with E-state index in [4.69, 9.17) is 4.74 Å². The fourth-order valence-corrected chi connectivity index (χ4v) is 5.64. The number of aliphatic hydroxyl groups is 2. The van der Waals surface area contributed by atoms with Gasteiger partial charge in [0.05, 0.1) is 17.3 Å². The van der Waals surface area contributed by atoms with Crippen molar-refractivity contribution in [3.05, 3.63) is 34.4 Å². The summed E-state index contributed by atoms with van der Waals surface area (Å²) in [5.74, 6) is 0. The monoisotopic (exact) mass is 446 g/mol. The van der Waals surface area contributed by atoms with E-state index in [-0.39, 0.29) is 11.2 Å². The van der Waals surface area contributed by atoms with Crippen molar-refractivity contribution in [2.75, 3.05) is 0 Å². The minimum atomic E-state index is -0.608. The average molecular weight is 447 g/mol. The van der Waals surface area contributed by atoms with Crippen LogP contribution in [-0.2, 0) is 4.74 Å². The van der Waals surface area contributed by atoms with Gasteiger partial charge in [-0.2, -0.15) is 0 Å². The molecule has 2 aliphatic rings. The first-order chi connectivity index (χ1) is 15.0. The summed E-state index contributed by atoms with van der Waals surface area (Å²) in [5, 5.41) is 21.3. The summed E-state index contributed by atoms with van der Waals surface area (Å²) in [6.07, 6.45) is 16.2. The van der Waals surface area contributed by atoms with E-state index in [1.54, 1.807) is 0 Å². The van der Waals surface area contributed by atoms with Crippen molar-refractivity contribution in [1.29, 1.82) is 0 Å². The zero-order valence-electron chi connectivity index (χ0n) is 22.0. The highest BCUT2D eigenvalue weighted by atomic mass is 16.5. The van der Waals surface area contributed by atoms with Gasteiger partial charge < -0.3 is 14.9 Å². The number of aliphatic hydroxyl groups excluding tert-OH is 1. The maximum absolute atomic E-state index is 10.9. The van der Waals surface area contributed by atoms with E-state index < -0.39 is 11.7 Å². The van der Waals surface area contributed by atoms with Crippen molar-refractivity contribution in [2.24, 2.45) is 0 Å². The minimum absolute atomic E-state index is 0.189. The molecule has 0 radical (unpaired) electrons. The minimum Gasteiger partial charge on any atom is -0.390 e. The van der Waals surface area contributed by atoms with Gasteiger partial charge in [0.15, 0.2) is 0 Å². The normalized spacial score (nSPS) is 30.7. The molecule has 1 fully saturated rings. The molecule has 4 unspecified atom stereocenters. The van der Waals surface area contributed by atoms with Crippen LogP contribution in [0.1, 0.15) is 126 Å². The number of rotatable bonds is 12. The molecule has 0 saturated carbocycles. The molecule has 0 aromatic rings. The number of allylic oxidation sites excluding steroid dienone is 2. The van der Waals surface area contributed by atoms with Crippen molar-refractivity contribution < 1.29 is 14.9 Å². The van der Waals surface area contributed by atoms with Crippen molar-refractivity contribution in [2.45, 2.75) is 148 Å². The molecule has 0 aromatic heterocycles. The predicted molar refractivity (Wildman–Crippen MR) is 136 cm³/mol. The molecule has 1 saturated heterocycles. The van der Waals surface area contributed by atoms with E-state index in [1.807, 2.05) is 19.9 Å². The average Bonchev–Trinajstić information content (AvgIpc) is 2.73. The Balaban J connectivity index is 1.88. The lowest BCUT2D eigenvalue weighted by molar-refractivity contribution is -0.145. The van der Waals surface area contributed by atoms with Crippen LogP contribution in [0.5, 0.6) is 0 Å². The van der Waals surface area contributed by atoms with Crippen LogP contribution < -0.4 is 0 Å². The molecular formula is C29H50O3. The molecule has 0 amide bonds. The Morgan fingerprint density at radius 3 is 2.56 bits per heavy atom. The lowest BCUT2D eigenvalue weighted by Crippen LogP contribution is -2.51. The Bertz CT molecular complexity index is 714. The molecule has 32 heavy (non-hydrogen) atoms. The van der Waals surface area contributed by atoms with Crippen molar-refractivity contribution >= 4 is 0 Å². The quantitative estimate of drug-likeness (QED) is 0.240. The van der Waals surface area contributed by atoms with Crippen LogP contribution in [-0.4, -0.2) is 33.1 Å². The summed E-state index contributed by atoms with van der Waals surface area (Å²) in [6, 6.07) is 0. The molecule has 1 aliphatic heterocycles. The third kappa shape index (κ3) is 6.81. The molecule has 1 aliphatic carbocycles. The number of fused-ring (bicyclic) bond motifs is 1. The topological polar surface area (TPSA) is 49.7 Å². The van der Waals surface area contributed by atoms with Crippen molar-refractivity contribution in [3.8, 4) is 0 Å². The van der Waals surface area contributed by atoms with Crippen LogP contribution in [0.2, 0.25) is 0 Å². The number of ether oxygens (including phenoxy) is 1. The molecule has 2 N–H and O–H groups in total. The largest absolute Gasteiger partial charge is 0.390 e. The predicted octanol–water partition coefficient (Wildman–Crippen LogP) is 7.57. The standard InChI is InChI=1S/C29H50O3/c1-8-10-11-14-22(3)15-12-17-27(6,31)18-13-19-28(7)20-16-25-21-26(30)23(4)24(5)29(25,9-2)32-28/h14,21,26,30-31H,8-13,15-20H2,1-7H3. The third-order valence-corrected chi connectivity index (χ3v) is 8.12. The molecule has 3 nitrogen and oxygen atoms in total. The SMILES string of the molecule is CCCCC=C(C)CCCC(C)(O)CCCC1(C)CCC2=CC(O)C(C)=C(C)C2(CC)O1. The van der Waals surface area contributed by atoms with Gasteiger partial charge in [0.2, 0.25) is 0 Å². The highest BCUT2D eigenvalue weighted by Gasteiger charge is 2.48. The van der Waals surface area contributed by atoms with Crippen LogP contribution in [0, 0.1) is 0 Å². The Kier molecular flexibility index (Phi) is 9.82. The first-order valence-corrected chi connectivity index (χ1v) is 13.1. The second-order valence-corrected chi connectivity index (χ2v) is 11.1. The van der Waals surface area contributed by atoms with Crippen LogP contribution in [0.25, 0.3) is 0 Å². The molecule has 184 valence electrons. The molecule has 4 atom stereocenters. The van der Waals surface area contributed by atoms with Gasteiger partial charge in [-0.05, 0) is 122 Å². The van der Waals surface area contributed by atoms with Gasteiger partial charge in [-0.1, -0.05) is 38.3 Å². The third-order valence-electron chi connectivity index (χ3n) is 8.12. The van der Waals surface area contributed by atoms with Gasteiger partial charge in [0.25, 0.3) is 0 Å². The van der Waals surface area contributed by atoms with E-state index in [9.17, 15) is 10.2 Å². The Morgan fingerprint density at radius 2 is 1.91 bits per heavy atom. The first-order valence-electron chi connectivity index (χ1n) is 13.1. The summed E-state index contributed by atoms with van der Waals surface area (Å²) >= 11 is 0. The van der Waals surface area contributed by atoms with E-state index >= 15 is 0 Å². The van der Waals surface area contributed by atoms with E-state index in [0.717, 1.165) is 63.4 Å². The molecule has 0 bridgehead atoms. The molecule has 0 aromatic carbocycles. The summed E-state index contributed by atoms with van der Waals surface area (Å²) in [6.45, 7) is 15.0. The van der Waals surface area contributed by atoms with Crippen LogP contribution >= 0.6 is 0 Å². The van der Waals surface area contributed by atoms with E-state index in [1.165, 1.54) is 36.0 Å². The second kappa shape index (κ2) is 11.5. The van der Waals surface area contributed by atoms with Crippen molar-refractivity contribution in [3.63, 3.8) is 0 Å². The highest BCUT2D eigenvalue weighted by molar-refractivity contribution is 5.44. The smallest absolute Gasteiger partial charge is 0.111 e. The van der Waals surface area contributed by atoms with Gasteiger partial charge in [-0.3, -0.25) is 0 Å². The molecule has 3 heteroatoms. The fourth-order valence-electron chi connectivity index (χ4n) is 5.64. The Hall–Kier alpha value is -0.900. The van der Waals surface area contributed by atoms with Gasteiger partial charge in [-0.25, -0.2) is 0 Å². The maximum atomic E-state index is 10.9. The number of hydrogen-bond donors (Lipinski definition) is 2. The zero-order valence-corrected chi connectivity index (χ0v) is 22.0. The molecular weight excluding hydrogens is 396 g/mol. The summed E-state index contributed by atoms with van der Waals surface area (Å²) in [4.78, 5) is 0. The molecule has 2 rings (SSSR count). The number of unbranched alkanes of at least 4 members (excludes halogenated alkanes) is 2. The van der Waals surface area contributed by atoms with Crippen LogP contribution in [0.3, 0.4) is 0 Å². The van der Waals surface area contributed by atoms with Gasteiger partial charge in [0.1, 0.15) is 5.60 Å². The lowest BCUT2D eigenvalue weighted by Gasteiger charge is -2.51. The van der Waals surface area contributed by atoms with Crippen LogP contribution in [0.4, 0.5) is 0 Å². The van der Waals surface area contributed by atoms with Crippen molar-refractivity contribution in [1.82, 2.24) is 0 Å². The second-order valence-electron chi connectivity index (χ2n) is 11.1. The summed E-state index contributed by atoms with van der Waals surface area (Å²) in [5.41, 5.74) is 3.77. The Labute approximate surface area is 198 Å². The maximum Gasteiger partial charge on any atom is 0.111 e. The van der Waals surface area contributed by atoms with Gasteiger partial charge >= 0.3 is 0 Å². The summed E-state index contributed by atoms with van der Waals surface area (Å²) < 4.78 is 6.89. The highest BCUT2D eigenvalue weighted by Crippen LogP contribution is 2.50. The molecule has 1 heterocycles. The van der Waals surface area contributed by atoms with Gasteiger partial charge in [0, 0.05) is 0 Å². The van der Waals surface area contributed by atoms with Crippen LogP contribution in [0.15, 0.2) is 34.4 Å². The summed E-state index contributed by atoms with van der Waals surface area (Å²) in [7, 11) is 0. The van der Waals surface area contributed by atoms with E-state index in [0.29, 0.717) is 0 Å². The lowest BCUT2D eigenvalue weighted by atomic mass is 9.70. The van der Waals surface area contributed by atoms with Gasteiger partial charge in [-0.15, -0.1) is 0 Å². The molecule has 0 spiro atoms. The van der Waals surface area contributed by atoms with E-state index in [2.05, 4.69) is 40.7 Å². The Morgan fingerprint density at radius 1 is 1.22 bits per heavy atom. The number of hydrogen-bond acceptors (Lipinski definition) is 3. The fraction of sp³-hybridized carbons (Fsp3) is 0.793.